The summed E-state index contributed by atoms with van der Waals surface area (Å²) in [6, 6.07) is 5.32. The van der Waals surface area contributed by atoms with Crippen LogP contribution in [0.2, 0.25) is 10.0 Å². The second-order valence-corrected chi connectivity index (χ2v) is 6.19. The lowest BCUT2D eigenvalue weighted by atomic mass is 10.1. The maximum Gasteiger partial charge on any atom is 0.226 e. The van der Waals surface area contributed by atoms with Crippen LogP contribution in [0.3, 0.4) is 0 Å². The van der Waals surface area contributed by atoms with Crippen LogP contribution in [0.1, 0.15) is 17.7 Å². The van der Waals surface area contributed by atoms with Gasteiger partial charge in [0.25, 0.3) is 0 Å². The number of thiazole rings is 1. The third-order valence-electron chi connectivity index (χ3n) is 2.81. The first-order chi connectivity index (χ1) is 10.5. The van der Waals surface area contributed by atoms with E-state index in [4.69, 9.17) is 28.9 Å². The van der Waals surface area contributed by atoms with E-state index in [1.165, 1.54) is 11.3 Å². The lowest BCUT2D eigenvalue weighted by molar-refractivity contribution is -0.117. The number of amides is 2. The van der Waals surface area contributed by atoms with Gasteiger partial charge in [-0.1, -0.05) is 35.3 Å². The molecular formula is C14H13Cl2N3O2S. The molecule has 0 aliphatic rings. The molecule has 3 N–H and O–H groups in total. The minimum Gasteiger partial charge on any atom is -0.369 e. The Morgan fingerprint density at radius 1 is 1.32 bits per heavy atom. The van der Waals surface area contributed by atoms with Gasteiger partial charge in [0.1, 0.15) is 0 Å². The quantitative estimate of drug-likeness (QED) is 0.832. The van der Waals surface area contributed by atoms with E-state index in [0.29, 0.717) is 27.3 Å². The first kappa shape index (κ1) is 16.7. The molecule has 0 atom stereocenters. The van der Waals surface area contributed by atoms with Crippen LogP contribution >= 0.6 is 34.5 Å². The number of nitrogens with one attached hydrogen (secondary N) is 1. The zero-order valence-corrected chi connectivity index (χ0v) is 13.8. The normalized spacial score (nSPS) is 10.5. The fourth-order valence-electron chi connectivity index (χ4n) is 1.80. The molecule has 2 aromatic rings. The second kappa shape index (κ2) is 7.58. The Bertz CT molecular complexity index is 703. The minimum absolute atomic E-state index is 0.0600. The number of hydrogen-bond donors (Lipinski definition) is 2. The molecule has 0 saturated heterocycles. The summed E-state index contributed by atoms with van der Waals surface area (Å²) in [7, 11) is 0. The maximum absolute atomic E-state index is 11.9. The smallest absolute Gasteiger partial charge is 0.226 e. The van der Waals surface area contributed by atoms with Crippen LogP contribution in [0.5, 0.6) is 0 Å². The fraction of sp³-hybridized carbons (Fsp3) is 0.214. The predicted octanol–water partition coefficient (Wildman–Crippen LogP) is 3.05. The lowest BCUT2D eigenvalue weighted by Crippen LogP contribution is -2.14. The van der Waals surface area contributed by atoms with Crippen LogP contribution in [0.4, 0.5) is 5.13 Å². The summed E-state index contributed by atoms with van der Waals surface area (Å²) in [5.74, 6) is -0.644. The number of nitrogens with zero attached hydrogens (tertiary/aromatic N) is 1. The minimum atomic E-state index is -0.459. The van der Waals surface area contributed by atoms with Gasteiger partial charge in [-0.3, -0.25) is 9.59 Å². The highest BCUT2D eigenvalue weighted by atomic mass is 35.5. The van der Waals surface area contributed by atoms with Crippen molar-refractivity contribution in [2.45, 2.75) is 19.3 Å². The fourth-order valence-corrected chi connectivity index (χ4v) is 2.94. The molecule has 116 valence electrons. The van der Waals surface area contributed by atoms with Crippen molar-refractivity contribution in [3.05, 3.63) is 44.9 Å². The highest BCUT2D eigenvalue weighted by Gasteiger charge is 2.10. The number of hydrogen-bond acceptors (Lipinski definition) is 4. The standard InChI is InChI=1S/C14H13Cl2N3O2S/c15-10-3-1-2-8(13(10)16)4-5-12(21)19-14-18-9(7-22-14)6-11(17)20/h1-3,7H,4-6H2,(H2,17,20)(H,18,19,21). The third-order valence-corrected chi connectivity index (χ3v) is 4.47. The van der Waals surface area contributed by atoms with Gasteiger partial charge in [0.2, 0.25) is 11.8 Å². The number of halogens is 2. The Morgan fingerprint density at radius 3 is 2.82 bits per heavy atom. The highest BCUT2D eigenvalue weighted by molar-refractivity contribution is 7.13. The van der Waals surface area contributed by atoms with E-state index in [-0.39, 0.29) is 18.7 Å². The number of carbonyl (C=O) groups excluding carboxylic acids is 2. The van der Waals surface area contributed by atoms with Crippen molar-refractivity contribution < 1.29 is 9.59 Å². The number of anilines is 1. The molecule has 0 radical (unpaired) electrons. The summed E-state index contributed by atoms with van der Waals surface area (Å²) >= 11 is 13.2. The first-order valence-corrected chi connectivity index (χ1v) is 8.04. The zero-order chi connectivity index (χ0) is 16.1. The average molecular weight is 358 g/mol. The molecule has 0 fully saturated rings. The number of benzene rings is 1. The van der Waals surface area contributed by atoms with Gasteiger partial charge < -0.3 is 11.1 Å². The molecule has 0 spiro atoms. The van der Waals surface area contributed by atoms with Crippen LogP contribution < -0.4 is 11.1 Å². The zero-order valence-electron chi connectivity index (χ0n) is 11.4. The Kier molecular flexibility index (Phi) is 5.76. The average Bonchev–Trinajstić information content (AvgIpc) is 2.86. The second-order valence-electron chi connectivity index (χ2n) is 4.55. The predicted molar refractivity (Wildman–Crippen MR) is 88.4 cm³/mol. The Morgan fingerprint density at radius 2 is 2.09 bits per heavy atom. The molecule has 0 aliphatic heterocycles. The molecule has 1 heterocycles. The van der Waals surface area contributed by atoms with Crippen molar-refractivity contribution in [3.8, 4) is 0 Å². The largest absolute Gasteiger partial charge is 0.369 e. The SMILES string of the molecule is NC(=O)Cc1csc(NC(=O)CCc2cccc(Cl)c2Cl)n1. The highest BCUT2D eigenvalue weighted by Crippen LogP contribution is 2.26. The van der Waals surface area contributed by atoms with Crippen molar-refractivity contribution in [1.29, 1.82) is 0 Å². The molecule has 0 aliphatic carbocycles. The Labute approximate surface area is 141 Å². The van der Waals surface area contributed by atoms with Gasteiger partial charge in [-0.05, 0) is 18.1 Å². The van der Waals surface area contributed by atoms with E-state index in [9.17, 15) is 9.59 Å². The summed E-state index contributed by atoms with van der Waals surface area (Å²) < 4.78 is 0. The molecular weight excluding hydrogens is 345 g/mol. The monoisotopic (exact) mass is 357 g/mol. The van der Waals surface area contributed by atoms with Gasteiger partial charge >= 0.3 is 0 Å². The Hall–Kier alpha value is -1.63. The number of nitrogens with two attached hydrogens (primary N) is 1. The van der Waals surface area contributed by atoms with Crippen molar-refractivity contribution >= 4 is 51.5 Å². The molecule has 8 heteroatoms. The molecule has 1 aromatic carbocycles. The van der Waals surface area contributed by atoms with E-state index in [0.717, 1.165) is 5.56 Å². The molecule has 5 nitrogen and oxygen atoms in total. The van der Waals surface area contributed by atoms with E-state index in [2.05, 4.69) is 10.3 Å². The lowest BCUT2D eigenvalue weighted by Gasteiger charge is -2.05. The van der Waals surface area contributed by atoms with E-state index in [1.54, 1.807) is 17.5 Å². The summed E-state index contributed by atoms with van der Waals surface area (Å²) in [4.78, 5) is 26.8. The molecule has 0 unspecified atom stereocenters. The summed E-state index contributed by atoms with van der Waals surface area (Å²) in [5.41, 5.74) is 6.45. The van der Waals surface area contributed by atoms with Crippen molar-refractivity contribution in [3.63, 3.8) is 0 Å². The Balaban J connectivity index is 1.89. The van der Waals surface area contributed by atoms with Gasteiger partial charge in [0, 0.05) is 11.8 Å². The van der Waals surface area contributed by atoms with Crippen molar-refractivity contribution in [2.75, 3.05) is 5.32 Å². The topological polar surface area (TPSA) is 85.1 Å². The summed E-state index contributed by atoms with van der Waals surface area (Å²) in [5, 5.41) is 5.75. The van der Waals surface area contributed by atoms with Crippen molar-refractivity contribution in [1.82, 2.24) is 4.98 Å². The number of rotatable bonds is 6. The molecule has 0 saturated carbocycles. The number of carbonyl (C=O) groups is 2. The summed E-state index contributed by atoms with van der Waals surface area (Å²) in [6.07, 6.45) is 0.792. The third kappa shape index (κ3) is 4.69. The molecule has 2 amide bonds. The molecule has 0 bridgehead atoms. The molecule has 2 rings (SSSR count). The van der Waals surface area contributed by atoms with Gasteiger partial charge in [-0.15, -0.1) is 11.3 Å². The summed E-state index contributed by atoms with van der Waals surface area (Å²) in [6.45, 7) is 0. The first-order valence-electron chi connectivity index (χ1n) is 6.41. The van der Waals surface area contributed by atoms with E-state index >= 15 is 0 Å². The van der Waals surface area contributed by atoms with Crippen LogP contribution in [0, 0.1) is 0 Å². The van der Waals surface area contributed by atoms with Crippen molar-refractivity contribution in [2.24, 2.45) is 5.73 Å². The van der Waals surface area contributed by atoms with Gasteiger partial charge in [-0.25, -0.2) is 4.98 Å². The van der Waals surface area contributed by atoms with E-state index in [1.807, 2.05) is 6.07 Å². The molecule has 22 heavy (non-hydrogen) atoms. The van der Waals surface area contributed by atoms with Gasteiger partial charge in [-0.2, -0.15) is 0 Å². The van der Waals surface area contributed by atoms with Crippen LogP contribution in [-0.4, -0.2) is 16.8 Å². The van der Waals surface area contributed by atoms with Gasteiger partial charge in [0.15, 0.2) is 5.13 Å². The molecule has 1 aromatic heterocycles. The number of aromatic nitrogens is 1. The van der Waals surface area contributed by atoms with E-state index < -0.39 is 5.91 Å². The van der Waals surface area contributed by atoms with Crippen LogP contribution in [0.15, 0.2) is 23.6 Å². The number of aryl methyl sites for hydroxylation is 1. The number of primary amides is 1. The van der Waals surface area contributed by atoms with Crippen LogP contribution in [0.25, 0.3) is 0 Å². The maximum atomic E-state index is 11.9. The van der Waals surface area contributed by atoms with Crippen LogP contribution in [-0.2, 0) is 22.4 Å². The van der Waals surface area contributed by atoms with Gasteiger partial charge in [0.05, 0.1) is 22.2 Å².